The number of benzene rings is 2. The highest BCUT2D eigenvalue weighted by Gasteiger charge is 2.26. The molecule has 2 atom stereocenters. The van der Waals surface area contributed by atoms with Crippen molar-refractivity contribution in [3.8, 4) is 0 Å². The van der Waals surface area contributed by atoms with E-state index in [0.717, 1.165) is 37.6 Å². The summed E-state index contributed by atoms with van der Waals surface area (Å²) in [5, 5.41) is 13.8. The fourth-order valence-corrected chi connectivity index (χ4v) is 3.44. The molecule has 2 aromatic carbocycles. The highest BCUT2D eigenvalue weighted by Crippen LogP contribution is 2.27. The molecular formula is C22H30IN3O. The highest BCUT2D eigenvalue weighted by molar-refractivity contribution is 14.0. The number of nitrogens with one attached hydrogen (secondary N) is 1. The van der Waals surface area contributed by atoms with Gasteiger partial charge < -0.3 is 15.3 Å². The van der Waals surface area contributed by atoms with Crippen LogP contribution >= 0.6 is 24.0 Å². The summed E-state index contributed by atoms with van der Waals surface area (Å²) in [6, 6.07) is 18.7. The van der Waals surface area contributed by atoms with E-state index in [1.165, 1.54) is 11.1 Å². The Morgan fingerprint density at radius 1 is 1.19 bits per heavy atom. The molecule has 1 heterocycles. The van der Waals surface area contributed by atoms with Crippen molar-refractivity contribution in [2.75, 3.05) is 26.2 Å². The van der Waals surface area contributed by atoms with Crippen LogP contribution in [0.3, 0.4) is 0 Å². The molecule has 0 spiro atoms. The molecule has 3 rings (SSSR count). The summed E-state index contributed by atoms with van der Waals surface area (Å²) in [6.45, 7) is 7.29. The molecule has 146 valence electrons. The van der Waals surface area contributed by atoms with Crippen LogP contribution in [0.1, 0.15) is 42.1 Å². The Labute approximate surface area is 179 Å². The fraction of sp³-hybridized carbons (Fsp3) is 0.409. The van der Waals surface area contributed by atoms with Gasteiger partial charge in [0.05, 0.1) is 12.6 Å². The van der Waals surface area contributed by atoms with Gasteiger partial charge in [-0.15, -0.1) is 24.0 Å². The standard InChI is InChI=1S/C22H29N3O.HI/c1-3-23-22(24-15-21(26)19-11-9-17(2)10-12-19)25-14-13-20(16-25)18-7-5-4-6-8-18;/h4-12,20-21,26H,3,13-16H2,1-2H3,(H,23,24);1H. The van der Waals surface area contributed by atoms with Crippen molar-refractivity contribution in [3.63, 3.8) is 0 Å². The number of hydrogen-bond donors (Lipinski definition) is 2. The van der Waals surface area contributed by atoms with Crippen LogP contribution in [0, 0.1) is 6.92 Å². The maximum absolute atomic E-state index is 10.4. The second-order valence-electron chi connectivity index (χ2n) is 6.96. The number of aliphatic imine (C=N–C) groups is 1. The van der Waals surface area contributed by atoms with Crippen LogP contribution in [0.2, 0.25) is 0 Å². The number of aryl methyl sites for hydroxylation is 1. The molecular weight excluding hydrogens is 449 g/mol. The van der Waals surface area contributed by atoms with Gasteiger partial charge in [-0.25, -0.2) is 0 Å². The lowest BCUT2D eigenvalue weighted by molar-refractivity contribution is 0.186. The van der Waals surface area contributed by atoms with E-state index < -0.39 is 6.10 Å². The Bertz CT molecular complexity index is 718. The third-order valence-corrected chi connectivity index (χ3v) is 4.97. The second-order valence-corrected chi connectivity index (χ2v) is 6.96. The molecule has 1 saturated heterocycles. The van der Waals surface area contributed by atoms with Crippen LogP contribution in [0.15, 0.2) is 59.6 Å². The smallest absolute Gasteiger partial charge is 0.194 e. The summed E-state index contributed by atoms with van der Waals surface area (Å²) in [5.41, 5.74) is 3.51. The Morgan fingerprint density at radius 3 is 2.56 bits per heavy atom. The van der Waals surface area contributed by atoms with Crippen molar-refractivity contribution in [1.29, 1.82) is 0 Å². The van der Waals surface area contributed by atoms with E-state index in [1.54, 1.807) is 0 Å². The van der Waals surface area contributed by atoms with Crippen LogP contribution in [0.5, 0.6) is 0 Å². The normalized spacial score (nSPS) is 18.1. The van der Waals surface area contributed by atoms with E-state index in [2.05, 4.69) is 47.5 Å². The van der Waals surface area contributed by atoms with Gasteiger partial charge in [0.2, 0.25) is 0 Å². The number of rotatable bonds is 5. The Kier molecular flexibility index (Phi) is 8.57. The zero-order valence-electron chi connectivity index (χ0n) is 16.1. The average molecular weight is 479 g/mol. The summed E-state index contributed by atoms with van der Waals surface area (Å²) < 4.78 is 0. The molecule has 0 saturated carbocycles. The van der Waals surface area contributed by atoms with Gasteiger partial charge in [0.1, 0.15) is 0 Å². The quantitative estimate of drug-likeness (QED) is 0.386. The molecule has 0 aromatic heterocycles. The van der Waals surface area contributed by atoms with Gasteiger partial charge in [-0.05, 0) is 31.4 Å². The van der Waals surface area contributed by atoms with Gasteiger partial charge in [-0.2, -0.15) is 0 Å². The lowest BCUT2D eigenvalue weighted by Crippen LogP contribution is -2.40. The zero-order valence-corrected chi connectivity index (χ0v) is 18.5. The van der Waals surface area contributed by atoms with Crippen molar-refractivity contribution in [3.05, 3.63) is 71.3 Å². The number of likely N-dealkylation sites (tertiary alicyclic amines) is 1. The summed E-state index contributed by atoms with van der Waals surface area (Å²) >= 11 is 0. The van der Waals surface area contributed by atoms with Crippen LogP contribution in [0.4, 0.5) is 0 Å². The number of aliphatic hydroxyl groups excluding tert-OH is 1. The van der Waals surface area contributed by atoms with Crippen LogP contribution in [0.25, 0.3) is 0 Å². The summed E-state index contributed by atoms with van der Waals surface area (Å²) in [6.07, 6.45) is 0.561. The largest absolute Gasteiger partial charge is 0.386 e. The van der Waals surface area contributed by atoms with E-state index >= 15 is 0 Å². The van der Waals surface area contributed by atoms with Gasteiger partial charge in [0, 0.05) is 25.6 Å². The molecule has 2 unspecified atom stereocenters. The fourth-order valence-electron chi connectivity index (χ4n) is 3.44. The van der Waals surface area contributed by atoms with Crippen molar-refractivity contribution in [2.45, 2.75) is 32.3 Å². The molecule has 27 heavy (non-hydrogen) atoms. The Morgan fingerprint density at radius 2 is 1.89 bits per heavy atom. The predicted molar refractivity (Wildman–Crippen MR) is 123 cm³/mol. The number of aliphatic hydroxyl groups is 1. The number of hydrogen-bond acceptors (Lipinski definition) is 2. The van der Waals surface area contributed by atoms with E-state index in [-0.39, 0.29) is 24.0 Å². The van der Waals surface area contributed by atoms with Crippen LogP contribution in [-0.2, 0) is 0 Å². The number of guanidine groups is 1. The third kappa shape index (κ3) is 5.94. The van der Waals surface area contributed by atoms with Gasteiger partial charge in [-0.3, -0.25) is 4.99 Å². The van der Waals surface area contributed by atoms with Crippen molar-refractivity contribution >= 4 is 29.9 Å². The molecule has 4 nitrogen and oxygen atoms in total. The Hall–Kier alpha value is -1.60. The monoisotopic (exact) mass is 479 g/mol. The number of nitrogens with zero attached hydrogens (tertiary/aromatic N) is 2. The maximum atomic E-state index is 10.4. The first-order valence-electron chi connectivity index (χ1n) is 9.50. The van der Waals surface area contributed by atoms with E-state index in [9.17, 15) is 5.11 Å². The molecule has 0 bridgehead atoms. The first-order valence-corrected chi connectivity index (χ1v) is 9.50. The van der Waals surface area contributed by atoms with Crippen molar-refractivity contribution in [1.82, 2.24) is 10.2 Å². The van der Waals surface area contributed by atoms with Gasteiger partial charge in [0.15, 0.2) is 5.96 Å². The van der Waals surface area contributed by atoms with E-state index in [1.807, 2.05) is 31.2 Å². The average Bonchev–Trinajstić information content (AvgIpc) is 3.16. The molecule has 0 aliphatic carbocycles. The third-order valence-electron chi connectivity index (χ3n) is 4.97. The minimum Gasteiger partial charge on any atom is -0.386 e. The molecule has 2 N–H and O–H groups in total. The van der Waals surface area contributed by atoms with Crippen molar-refractivity contribution < 1.29 is 5.11 Å². The first-order chi connectivity index (χ1) is 12.7. The molecule has 5 heteroatoms. The van der Waals surface area contributed by atoms with Gasteiger partial charge >= 0.3 is 0 Å². The summed E-state index contributed by atoms with van der Waals surface area (Å²) in [4.78, 5) is 7.01. The van der Waals surface area contributed by atoms with E-state index in [4.69, 9.17) is 4.99 Å². The summed E-state index contributed by atoms with van der Waals surface area (Å²) in [7, 11) is 0. The predicted octanol–water partition coefficient (Wildman–Crippen LogP) is 4.10. The molecule has 0 amide bonds. The van der Waals surface area contributed by atoms with E-state index in [0.29, 0.717) is 12.5 Å². The molecule has 1 aliphatic heterocycles. The van der Waals surface area contributed by atoms with Gasteiger partial charge in [0.25, 0.3) is 0 Å². The first kappa shape index (κ1) is 21.7. The number of halogens is 1. The molecule has 2 aromatic rings. The minimum atomic E-state index is -0.572. The molecule has 1 aliphatic rings. The Balaban J connectivity index is 0.00000261. The lowest BCUT2D eigenvalue weighted by Gasteiger charge is -2.22. The maximum Gasteiger partial charge on any atom is 0.194 e. The molecule has 1 fully saturated rings. The zero-order chi connectivity index (χ0) is 18.4. The topological polar surface area (TPSA) is 47.9 Å². The van der Waals surface area contributed by atoms with Crippen molar-refractivity contribution in [2.24, 2.45) is 4.99 Å². The second kappa shape index (κ2) is 10.7. The minimum absolute atomic E-state index is 0. The highest BCUT2D eigenvalue weighted by atomic mass is 127. The SMILES string of the molecule is CCNC(=NCC(O)c1ccc(C)cc1)N1CCC(c2ccccc2)C1.I. The van der Waals surface area contributed by atoms with Crippen LogP contribution < -0.4 is 5.32 Å². The lowest BCUT2D eigenvalue weighted by atomic mass is 9.99. The van der Waals surface area contributed by atoms with Crippen LogP contribution in [-0.4, -0.2) is 42.1 Å². The molecule has 0 radical (unpaired) electrons. The van der Waals surface area contributed by atoms with Gasteiger partial charge in [-0.1, -0.05) is 60.2 Å². The summed E-state index contributed by atoms with van der Waals surface area (Å²) in [5.74, 6) is 1.44.